The van der Waals surface area contributed by atoms with Crippen molar-refractivity contribution in [3.8, 4) is 0 Å². The summed E-state index contributed by atoms with van der Waals surface area (Å²) in [6, 6.07) is 5.10. The number of hydrogen-bond donors (Lipinski definition) is 1. The first-order chi connectivity index (χ1) is 9.47. The molecule has 0 atom stereocenters. The van der Waals surface area contributed by atoms with Crippen molar-refractivity contribution < 1.29 is 27.9 Å². The zero-order valence-electron chi connectivity index (χ0n) is 10.6. The molecule has 1 aliphatic rings. The van der Waals surface area contributed by atoms with E-state index in [1.165, 1.54) is 18.2 Å². The number of halogens is 3. The van der Waals surface area contributed by atoms with E-state index in [1.807, 2.05) is 0 Å². The molecule has 1 heterocycles. The molecule has 1 saturated heterocycles. The zero-order chi connectivity index (χ0) is 14.6. The lowest BCUT2D eigenvalue weighted by molar-refractivity contribution is -0.168. The highest BCUT2D eigenvalue weighted by atomic mass is 19.4. The topological polar surface area (TPSA) is 51.0 Å². The fraction of sp³-hybridized carbons (Fsp3) is 0.462. The van der Waals surface area contributed by atoms with E-state index in [-0.39, 0.29) is 18.8 Å². The third kappa shape index (κ3) is 3.29. The number of ether oxygens (including phenoxy) is 1. The van der Waals surface area contributed by atoms with Gasteiger partial charge in [-0.15, -0.1) is 0 Å². The molecule has 0 saturated carbocycles. The van der Waals surface area contributed by atoms with Crippen molar-refractivity contribution in [1.29, 1.82) is 0 Å². The lowest BCUT2D eigenvalue weighted by atomic mass is 9.88. The van der Waals surface area contributed by atoms with Gasteiger partial charge in [-0.1, -0.05) is 23.4 Å². The standard InChI is InChI=1S/C13H14F3NO3/c14-13(15,16)11-4-2-1-3-10(11)5-17-20-9-12(6-18)7-19-8-12/h1-5,18H,6-9H2/b17-5+. The molecular formula is C13H14F3NO3. The highest BCUT2D eigenvalue weighted by Crippen LogP contribution is 2.31. The second-order valence-electron chi connectivity index (χ2n) is 4.74. The Kier molecular flexibility index (Phi) is 4.29. The van der Waals surface area contributed by atoms with Gasteiger partial charge in [0.15, 0.2) is 0 Å². The molecular weight excluding hydrogens is 275 g/mol. The summed E-state index contributed by atoms with van der Waals surface area (Å²) in [7, 11) is 0. The number of rotatable bonds is 5. The Hall–Kier alpha value is -1.60. The molecule has 7 heteroatoms. The largest absolute Gasteiger partial charge is 0.417 e. The maximum atomic E-state index is 12.7. The molecule has 1 aliphatic heterocycles. The minimum absolute atomic E-state index is 0.0668. The van der Waals surface area contributed by atoms with E-state index < -0.39 is 17.2 Å². The van der Waals surface area contributed by atoms with Crippen LogP contribution in [-0.2, 0) is 15.8 Å². The minimum atomic E-state index is -4.43. The van der Waals surface area contributed by atoms with Crippen molar-refractivity contribution in [3.05, 3.63) is 35.4 Å². The van der Waals surface area contributed by atoms with E-state index in [0.29, 0.717) is 13.2 Å². The Morgan fingerprint density at radius 3 is 2.60 bits per heavy atom. The molecule has 1 fully saturated rings. The third-order valence-electron chi connectivity index (χ3n) is 3.06. The van der Waals surface area contributed by atoms with Gasteiger partial charge in [0, 0.05) is 5.56 Å². The van der Waals surface area contributed by atoms with E-state index in [4.69, 9.17) is 14.7 Å². The second-order valence-corrected chi connectivity index (χ2v) is 4.74. The molecule has 1 aromatic carbocycles. The number of hydrogen-bond acceptors (Lipinski definition) is 4. The smallest absolute Gasteiger partial charge is 0.395 e. The van der Waals surface area contributed by atoms with E-state index in [9.17, 15) is 13.2 Å². The number of benzene rings is 1. The van der Waals surface area contributed by atoms with E-state index in [2.05, 4.69) is 5.16 Å². The van der Waals surface area contributed by atoms with Gasteiger partial charge in [0.2, 0.25) is 0 Å². The first kappa shape index (κ1) is 14.8. The van der Waals surface area contributed by atoms with Crippen LogP contribution in [0.5, 0.6) is 0 Å². The Labute approximate surface area is 113 Å². The second kappa shape index (κ2) is 5.80. The summed E-state index contributed by atoms with van der Waals surface area (Å²) in [5, 5.41) is 12.7. The number of aliphatic hydroxyl groups is 1. The van der Waals surface area contributed by atoms with Crippen molar-refractivity contribution >= 4 is 6.21 Å². The zero-order valence-corrected chi connectivity index (χ0v) is 10.6. The van der Waals surface area contributed by atoms with Gasteiger partial charge in [-0.2, -0.15) is 13.2 Å². The van der Waals surface area contributed by atoms with Crippen LogP contribution in [-0.4, -0.2) is 37.7 Å². The van der Waals surface area contributed by atoms with Crippen LogP contribution in [0.15, 0.2) is 29.4 Å². The molecule has 0 bridgehead atoms. The molecule has 110 valence electrons. The van der Waals surface area contributed by atoms with Crippen LogP contribution >= 0.6 is 0 Å². The number of nitrogens with zero attached hydrogens (tertiary/aromatic N) is 1. The first-order valence-corrected chi connectivity index (χ1v) is 5.97. The first-order valence-electron chi connectivity index (χ1n) is 5.97. The molecule has 2 rings (SSSR count). The maximum Gasteiger partial charge on any atom is 0.417 e. The SMILES string of the molecule is OCC1(CO/N=C/c2ccccc2C(F)(F)F)COC1. The van der Waals surface area contributed by atoms with E-state index in [1.54, 1.807) is 0 Å². The van der Waals surface area contributed by atoms with Crippen LogP contribution in [0, 0.1) is 5.41 Å². The van der Waals surface area contributed by atoms with Gasteiger partial charge < -0.3 is 14.7 Å². The average Bonchev–Trinajstić information content (AvgIpc) is 2.36. The molecule has 20 heavy (non-hydrogen) atoms. The molecule has 0 amide bonds. The number of aliphatic hydroxyl groups excluding tert-OH is 1. The van der Waals surface area contributed by atoms with E-state index >= 15 is 0 Å². The summed E-state index contributed by atoms with van der Waals surface area (Å²) >= 11 is 0. The summed E-state index contributed by atoms with van der Waals surface area (Å²) in [4.78, 5) is 4.97. The van der Waals surface area contributed by atoms with E-state index in [0.717, 1.165) is 12.3 Å². The summed E-state index contributed by atoms with van der Waals surface area (Å²) in [5.41, 5.74) is -1.32. The molecule has 1 N–H and O–H groups in total. The number of oxime groups is 1. The molecule has 0 spiro atoms. The molecule has 0 unspecified atom stereocenters. The van der Waals surface area contributed by atoms with Gasteiger partial charge in [-0.3, -0.25) is 0 Å². The third-order valence-corrected chi connectivity index (χ3v) is 3.06. The quantitative estimate of drug-likeness (QED) is 0.667. The van der Waals surface area contributed by atoms with Crippen LogP contribution in [0.25, 0.3) is 0 Å². The Morgan fingerprint density at radius 2 is 2.05 bits per heavy atom. The fourth-order valence-corrected chi connectivity index (χ4v) is 1.75. The van der Waals surface area contributed by atoms with Gasteiger partial charge in [-0.05, 0) is 6.07 Å². The highest BCUT2D eigenvalue weighted by molar-refractivity contribution is 5.81. The maximum absolute atomic E-state index is 12.7. The normalized spacial score (nSPS) is 18.0. The lowest BCUT2D eigenvalue weighted by Crippen LogP contribution is -2.48. The summed E-state index contributed by atoms with van der Waals surface area (Å²) in [5.74, 6) is 0. The molecule has 1 aromatic rings. The van der Waals surface area contributed by atoms with Gasteiger partial charge in [-0.25, -0.2) is 0 Å². The predicted molar refractivity (Wildman–Crippen MR) is 65.3 cm³/mol. The minimum Gasteiger partial charge on any atom is -0.395 e. The molecule has 4 nitrogen and oxygen atoms in total. The van der Waals surface area contributed by atoms with Crippen LogP contribution in [0.3, 0.4) is 0 Å². The Morgan fingerprint density at radius 1 is 1.35 bits per heavy atom. The predicted octanol–water partition coefficient (Wildman–Crippen LogP) is 2.06. The van der Waals surface area contributed by atoms with Crippen molar-refractivity contribution in [2.45, 2.75) is 6.18 Å². The molecule has 0 aliphatic carbocycles. The average molecular weight is 289 g/mol. The van der Waals surface area contributed by atoms with Crippen LogP contribution in [0.1, 0.15) is 11.1 Å². The summed E-state index contributed by atoms with van der Waals surface area (Å²) in [6.45, 7) is 0.714. The molecule has 0 aromatic heterocycles. The van der Waals surface area contributed by atoms with Crippen molar-refractivity contribution in [1.82, 2.24) is 0 Å². The lowest BCUT2D eigenvalue weighted by Gasteiger charge is -2.38. The van der Waals surface area contributed by atoms with Crippen LogP contribution in [0.4, 0.5) is 13.2 Å². The Balaban J connectivity index is 1.98. The molecule has 0 radical (unpaired) electrons. The highest BCUT2D eigenvalue weighted by Gasteiger charge is 2.39. The Bertz CT molecular complexity index is 478. The van der Waals surface area contributed by atoms with Gasteiger partial charge >= 0.3 is 6.18 Å². The van der Waals surface area contributed by atoms with Gasteiger partial charge in [0.1, 0.15) is 6.61 Å². The summed E-state index contributed by atoms with van der Waals surface area (Å²) < 4.78 is 43.1. The number of alkyl halides is 3. The van der Waals surface area contributed by atoms with Gasteiger partial charge in [0.05, 0.1) is 37.0 Å². The van der Waals surface area contributed by atoms with Crippen LogP contribution in [0.2, 0.25) is 0 Å². The van der Waals surface area contributed by atoms with Gasteiger partial charge in [0.25, 0.3) is 0 Å². The monoisotopic (exact) mass is 289 g/mol. The van der Waals surface area contributed by atoms with Crippen molar-refractivity contribution in [2.24, 2.45) is 10.6 Å². The van der Waals surface area contributed by atoms with Crippen molar-refractivity contribution in [2.75, 3.05) is 26.4 Å². The summed E-state index contributed by atoms with van der Waals surface area (Å²) in [6.07, 6.45) is -3.41. The van der Waals surface area contributed by atoms with Crippen molar-refractivity contribution in [3.63, 3.8) is 0 Å². The van der Waals surface area contributed by atoms with Crippen LogP contribution < -0.4 is 0 Å². The fourth-order valence-electron chi connectivity index (χ4n) is 1.75.